The van der Waals surface area contributed by atoms with Crippen molar-refractivity contribution in [2.45, 2.75) is 6.92 Å². The van der Waals surface area contributed by atoms with Gasteiger partial charge in [0.1, 0.15) is 11.4 Å². The van der Waals surface area contributed by atoms with Crippen LogP contribution in [0.5, 0.6) is 0 Å². The van der Waals surface area contributed by atoms with Crippen molar-refractivity contribution in [3.63, 3.8) is 0 Å². The van der Waals surface area contributed by atoms with E-state index in [0.717, 1.165) is 5.56 Å². The molecule has 114 valence electrons. The first-order valence-corrected chi connectivity index (χ1v) is 6.11. The summed E-state index contributed by atoms with van der Waals surface area (Å²) in [5.41, 5.74) is 15.9. The van der Waals surface area contributed by atoms with Crippen LogP contribution in [0.4, 0.5) is 28.4 Å². The molecule has 6 N–H and O–H groups in total. The first kappa shape index (κ1) is 15.0. The quantitative estimate of drug-likeness (QED) is 0.444. The number of benzene rings is 2. The van der Waals surface area contributed by atoms with Crippen LogP contribution in [0.25, 0.3) is 11.1 Å². The van der Waals surface area contributed by atoms with Gasteiger partial charge < -0.3 is 17.2 Å². The molecule has 0 saturated heterocycles. The van der Waals surface area contributed by atoms with Crippen LogP contribution in [-0.2, 0) is 0 Å². The highest BCUT2D eigenvalue weighted by Crippen LogP contribution is 2.48. The summed E-state index contributed by atoms with van der Waals surface area (Å²) in [6.45, 7) is 1.85. The smallest absolute Gasteiger partial charge is 0.322 e. The van der Waals surface area contributed by atoms with Crippen molar-refractivity contribution in [1.82, 2.24) is 0 Å². The molecule has 0 aliphatic rings. The van der Waals surface area contributed by atoms with Gasteiger partial charge >= 0.3 is 11.4 Å². The third kappa shape index (κ3) is 2.24. The van der Waals surface area contributed by atoms with E-state index < -0.39 is 26.9 Å². The molecule has 0 aliphatic carbocycles. The third-order valence-corrected chi connectivity index (χ3v) is 3.26. The van der Waals surface area contributed by atoms with Gasteiger partial charge in [0.05, 0.1) is 9.85 Å². The van der Waals surface area contributed by atoms with Crippen LogP contribution in [0.2, 0.25) is 0 Å². The number of nitrogens with two attached hydrogens (primary N) is 3. The second kappa shape index (κ2) is 5.20. The standard InChI is InChI=1S/C13H13N5O4/c1-6-2-4-7(5-3-6)8-9(14)12(17(19)20)11(16)13(10(8)15)18(21)22/h2-5H,14-16H2,1H3. The number of hydrogen-bond donors (Lipinski definition) is 3. The summed E-state index contributed by atoms with van der Waals surface area (Å²) in [5, 5.41) is 22.3. The predicted octanol–water partition coefficient (Wildman–Crippen LogP) is 2.23. The summed E-state index contributed by atoms with van der Waals surface area (Å²) in [7, 11) is 0. The number of nitro groups is 2. The van der Waals surface area contributed by atoms with Crippen LogP contribution in [0.1, 0.15) is 5.56 Å². The summed E-state index contributed by atoms with van der Waals surface area (Å²) in [6, 6.07) is 6.73. The molecular weight excluding hydrogens is 290 g/mol. The summed E-state index contributed by atoms with van der Waals surface area (Å²) < 4.78 is 0. The maximum atomic E-state index is 11.1. The molecule has 2 rings (SSSR count). The average molecular weight is 303 g/mol. The van der Waals surface area contributed by atoms with E-state index >= 15 is 0 Å². The Balaban J connectivity index is 2.92. The molecule has 0 saturated carbocycles. The number of nitrogens with zero attached hydrogens (tertiary/aromatic N) is 2. The third-order valence-electron chi connectivity index (χ3n) is 3.26. The van der Waals surface area contributed by atoms with Crippen LogP contribution < -0.4 is 17.2 Å². The van der Waals surface area contributed by atoms with Crippen molar-refractivity contribution >= 4 is 28.4 Å². The number of aryl methyl sites for hydroxylation is 1. The van der Waals surface area contributed by atoms with Crippen molar-refractivity contribution in [2.75, 3.05) is 17.2 Å². The minimum Gasteiger partial charge on any atom is -0.393 e. The minimum absolute atomic E-state index is 0.0348. The van der Waals surface area contributed by atoms with Crippen LogP contribution in [-0.4, -0.2) is 9.85 Å². The Hall–Kier alpha value is -3.36. The van der Waals surface area contributed by atoms with Crippen molar-refractivity contribution in [3.8, 4) is 11.1 Å². The predicted molar refractivity (Wildman–Crippen MR) is 83.2 cm³/mol. The summed E-state index contributed by atoms with van der Waals surface area (Å²) in [6.07, 6.45) is 0. The highest BCUT2D eigenvalue weighted by atomic mass is 16.6. The first-order valence-electron chi connectivity index (χ1n) is 6.11. The number of nitro benzene ring substituents is 2. The Morgan fingerprint density at radius 1 is 0.818 bits per heavy atom. The fourth-order valence-corrected chi connectivity index (χ4v) is 2.21. The lowest BCUT2D eigenvalue weighted by Crippen LogP contribution is -2.09. The van der Waals surface area contributed by atoms with Gasteiger partial charge in [0.15, 0.2) is 5.69 Å². The van der Waals surface area contributed by atoms with E-state index in [4.69, 9.17) is 17.2 Å². The van der Waals surface area contributed by atoms with E-state index in [1.807, 2.05) is 6.92 Å². The molecule has 0 fully saturated rings. The number of anilines is 3. The largest absolute Gasteiger partial charge is 0.393 e. The van der Waals surface area contributed by atoms with Gasteiger partial charge in [-0.15, -0.1) is 0 Å². The zero-order valence-corrected chi connectivity index (χ0v) is 11.6. The average Bonchev–Trinajstić information content (AvgIpc) is 2.39. The summed E-state index contributed by atoms with van der Waals surface area (Å²) in [5.74, 6) is 0. The van der Waals surface area contributed by atoms with Gasteiger partial charge in [-0.25, -0.2) is 0 Å². The molecule has 0 heterocycles. The normalized spacial score (nSPS) is 10.4. The molecule has 22 heavy (non-hydrogen) atoms. The van der Waals surface area contributed by atoms with Crippen molar-refractivity contribution in [2.24, 2.45) is 0 Å². The van der Waals surface area contributed by atoms with E-state index in [0.29, 0.717) is 5.56 Å². The van der Waals surface area contributed by atoms with Crippen LogP contribution in [0.15, 0.2) is 24.3 Å². The zero-order chi connectivity index (χ0) is 16.6. The lowest BCUT2D eigenvalue weighted by molar-refractivity contribution is -0.391. The van der Waals surface area contributed by atoms with Gasteiger partial charge in [0, 0.05) is 5.56 Å². The molecule has 9 nitrogen and oxygen atoms in total. The van der Waals surface area contributed by atoms with Gasteiger partial charge in [-0.2, -0.15) is 0 Å². The molecule has 9 heteroatoms. The number of rotatable bonds is 3. The molecule has 2 aromatic rings. The Morgan fingerprint density at radius 3 is 1.59 bits per heavy atom. The van der Waals surface area contributed by atoms with Gasteiger partial charge in [-0.1, -0.05) is 29.8 Å². The molecule has 0 spiro atoms. The zero-order valence-electron chi connectivity index (χ0n) is 11.6. The van der Waals surface area contributed by atoms with E-state index in [2.05, 4.69) is 0 Å². The maximum Gasteiger partial charge on any atom is 0.322 e. The topological polar surface area (TPSA) is 164 Å². The fraction of sp³-hybridized carbons (Fsp3) is 0.0769. The Labute approximate surface area is 124 Å². The van der Waals surface area contributed by atoms with Gasteiger partial charge in [0.2, 0.25) is 0 Å². The highest BCUT2D eigenvalue weighted by Gasteiger charge is 2.33. The Morgan fingerprint density at radius 2 is 1.23 bits per heavy atom. The second-order valence-electron chi connectivity index (χ2n) is 4.69. The minimum atomic E-state index is -0.852. The van der Waals surface area contributed by atoms with Gasteiger partial charge in [-0.05, 0) is 12.5 Å². The molecule has 0 aliphatic heterocycles. The molecule has 0 amide bonds. The van der Waals surface area contributed by atoms with Crippen molar-refractivity contribution in [1.29, 1.82) is 0 Å². The maximum absolute atomic E-state index is 11.1. The van der Waals surface area contributed by atoms with Gasteiger partial charge in [-0.3, -0.25) is 20.2 Å². The number of nitrogen functional groups attached to an aromatic ring is 3. The van der Waals surface area contributed by atoms with Crippen molar-refractivity contribution < 1.29 is 9.85 Å². The molecule has 0 aromatic heterocycles. The SMILES string of the molecule is Cc1ccc(-c2c(N)c([N+](=O)[O-])c(N)c([N+](=O)[O-])c2N)cc1. The lowest BCUT2D eigenvalue weighted by atomic mass is 9.97. The number of hydrogen-bond acceptors (Lipinski definition) is 7. The van der Waals surface area contributed by atoms with E-state index in [1.54, 1.807) is 24.3 Å². The summed E-state index contributed by atoms with van der Waals surface area (Å²) >= 11 is 0. The lowest BCUT2D eigenvalue weighted by Gasteiger charge is -2.12. The molecule has 0 radical (unpaired) electrons. The summed E-state index contributed by atoms with van der Waals surface area (Å²) in [4.78, 5) is 20.6. The Kier molecular flexibility index (Phi) is 3.56. The van der Waals surface area contributed by atoms with Crippen molar-refractivity contribution in [3.05, 3.63) is 50.1 Å². The second-order valence-corrected chi connectivity index (χ2v) is 4.69. The molecule has 0 unspecified atom stereocenters. The van der Waals surface area contributed by atoms with Crippen LogP contribution in [0.3, 0.4) is 0 Å². The van der Waals surface area contributed by atoms with E-state index in [-0.39, 0.29) is 16.9 Å². The van der Waals surface area contributed by atoms with E-state index in [1.165, 1.54) is 0 Å². The highest BCUT2D eigenvalue weighted by molar-refractivity contribution is 6.02. The first-order chi connectivity index (χ1) is 10.3. The van der Waals surface area contributed by atoms with E-state index in [9.17, 15) is 20.2 Å². The molecule has 0 bridgehead atoms. The fourth-order valence-electron chi connectivity index (χ4n) is 2.21. The molecule has 0 atom stereocenters. The Bertz CT molecular complexity index is 745. The monoisotopic (exact) mass is 303 g/mol. The van der Waals surface area contributed by atoms with Crippen LogP contribution >= 0.6 is 0 Å². The van der Waals surface area contributed by atoms with Crippen LogP contribution in [0, 0.1) is 27.2 Å². The van der Waals surface area contributed by atoms with Gasteiger partial charge in [0.25, 0.3) is 0 Å². The molecule has 2 aromatic carbocycles. The molecular formula is C13H13N5O4.